The highest BCUT2D eigenvalue weighted by molar-refractivity contribution is 5.78. The molecule has 6 nitrogen and oxygen atoms in total. The number of nitrogens with zero attached hydrogens (tertiary/aromatic N) is 3. The molecule has 0 aromatic carbocycles. The normalized spacial score (nSPS) is 20.1. The fourth-order valence-electron chi connectivity index (χ4n) is 2.06. The molecule has 2 heterocycles. The van der Waals surface area contributed by atoms with Gasteiger partial charge in [-0.1, -0.05) is 0 Å². The van der Waals surface area contributed by atoms with Gasteiger partial charge in [-0.25, -0.2) is 14.8 Å². The maximum atomic E-state index is 11.2. The highest BCUT2D eigenvalue weighted by atomic mass is 16.5. The summed E-state index contributed by atoms with van der Waals surface area (Å²) in [6, 6.07) is 1.17. The first-order valence-electron chi connectivity index (χ1n) is 5.58. The fourth-order valence-corrected chi connectivity index (χ4v) is 2.06. The zero-order valence-electron chi connectivity index (χ0n) is 9.67. The summed E-state index contributed by atoms with van der Waals surface area (Å²) in [5, 5.41) is 9.18. The van der Waals surface area contributed by atoms with Crippen LogP contribution >= 0.6 is 0 Å². The number of methoxy groups -OCH3 is 1. The first-order valence-corrected chi connectivity index (χ1v) is 5.58. The Kier molecular flexibility index (Phi) is 3.41. The minimum Gasteiger partial charge on any atom is -0.481 e. The Hall–Kier alpha value is -1.85. The Morgan fingerprint density at radius 3 is 3.06 bits per heavy atom. The predicted molar refractivity (Wildman–Crippen MR) is 61.2 cm³/mol. The summed E-state index contributed by atoms with van der Waals surface area (Å²) in [7, 11) is 1.52. The van der Waals surface area contributed by atoms with Crippen LogP contribution in [0.2, 0.25) is 0 Å². The molecule has 2 rings (SSSR count). The number of carboxylic acids is 1. The zero-order chi connectivity index (χ0) is 12.3. The van der Waals surface area contributed by atoms with E-state index in [0.29, 0.717) is 24.7 Å². The third kappa shape index (κ3) is 2.46. The van der Waals surface area contributed by atoms with E-state index in [-0.39, 0.29) is 0 Å². The van der Waals surface area contributed by atoms with E-state index >= 15 is 0 Å². The zero-order valence-corrected chi connectivity index (χ0v) is 9.67. The van der Waals surface area contributed by atoms with Crippen LogP contribution in [0, 0.1) is 0 Å². The van der Waals surface area contributed by atoms with Crippen molar-refractivity contribution in [2.75, 3.05) is 18.6 Å². The van der Waals surface area contributed by atoms with Crippen LogP contribution in [0.4, 0.5) is 5.82 Å². The molecule has 0 saturated carbocycles. The molecule has 92 valence electrons. The van der Waals surface area contributed by atoms with Gasteiger partial charge in [-0.15, -0.1) is 0 Å². The Morgan fingerprint density at radius 1 is 1.53 bits per heavy atom. The van der Waals surface area contributed by atoms with E-state index in [2.05, 4.69) is 9.97 Å². The lowest BCUT2D eigenvalue weighted by Crippen LogP contribution is -2.45. The molecule has 0 unspecified atom stereocenters. The Bertz CT molecular complexity index is 411. The van der Waals surface area contributed by atoms with Crippen molar-refractivity contribution in [2.45, 2.75) is 25.3 Å². The third-order valence-corrected chi connectivity index (χ3v) is 2.92. The van der Waals surface area contributed by atoms with E-state index in [4.69, 9.17) is 4.74 Å². The number of carbonyl (C=O) groups is 1. The van der Waals surface area contributed by atoms with Crippen molar-refractivity contribution in [3.05, 3.63) is 12.4 Å². The van der Waals surface area contributed by atoms with Gasteiger partial charge in [0.05, 0.1) is 7.11 Å². The molecule has 0 spiro atoms. The van der Waals surface area contributed by atoms with Gasteiger partial charge in [0.2, 0.25) is 5.88 Å². The second-order valence-electron chi connectivity index (χ2n) is 3.96. The number of rotatable bonds is 3. The van der Waals surface area contributed by atoms with Crippen LogP contribution in [-0.4, -0.2) is 40.7 Å². The SMILES string of the molecule is COc1cc(N2CCCC[C@@H]2C(=O)O)ncn1. The molecule has 1 N–H and O–H groups in total. The van der Waals surface area contributed by atoms with Gasteiger partial charge in [0.15, 0.2) is 0 Å². The largest absolute Gasteiger partial charge is 0.481 e. The van der Waals surface area contributed by atoms with Crippen molar-refractivity contribution in [3.63, 3.8) is 0 Å². The highest BCUT2D eigenvalue weighted by Crippen LogP contribution is 2.24. The lowest BCUT2D eigenvalue weighted by Gasteiger charge is -2.33. The van der Waals surface area contributed by atoms with Crippen molar-refractivity contribution in [3.8, 4) is 5.88 Å². The van der Waals surface area contributed by atoms with E-state index in [1.165, 1.54) is 13.4 Å². The van der Waals surface area contributed by atoms with E-state index in [0.717, 1.165) is 12.8 Å². The number of carboxylic acid groups (broad SMARTS) is 1. The van der Waals surface area contributed by atoms with Gasteiger partial charge in [-0.2, -0.15) is 0 Å². The van der Waals surface area contributed by atoms with E-state index in [9.17, 15) is 9.90 Å². The molecule has 0 bridgehead atoms. The second-order valence-corrected chi connectivity index (χ2v) is 3.96. The molecular formula is C11H15N3O3. The number of aromatic nitrogens is 2. The minimum absolute atomic E-state index is 0.449. The van der Waals surface area contributed by atoms with Crippen molar-refractivity contribution < 1.29 is 14.6 Å². The summed E-state index contributed by atoms with van der Waals surface area (Å²) in [6.45, 7) is 0.705. The molecule has 1 aliphatic heterocycles. The average molecular weight is 237 g/mol. The lowest BCUT2D eigenvalue weighted by molar-refractivity contribution is -0.139. The van der Waals surface area contributed by atoms with Crippen LogP contribution in [0.25, 0.3) is 0 Å². The van der Waals surface area contributed by atoms with Crippen LogP contribution in [0.5, 0.6) is 5.88 Å². The molecule has 17 heavy (non-hydrogen) atoms. The predicted octanol–water partition coefficient (Wildman–Crippen LogP) is 0.929. The molecule has 1 saturated heterocycles. The summed E-state index contributed by atoms with van der Waals surface area (Å²) in [5.41, 5.74) is 0. The first-order chi connectivity index (χ1) is 8.22. The lowest BCUT2D eigenvalue weighted by atomic mass is 10.0. The first kappa shape index (κ1) is 11.6. The minimum atomic E-state index is -0.803. The van der Waals surface area contributed by atoms with Crippen molar-refractivity contribution in [1.82, 2.24) is 9.97 Å². The second kappa shape index (κ2) is 4.99. The van der Waals surface area contributed by atoms with E-state index < -0.39 is 12.0 Å². The van der Waals surface area contributed by atoms with Gasteiger partial charge in [0.25, 0.3) is 0 Å². The Balaban J connectivity index is 2.26. The van der Waals surface area contributed by atoms with Gasteiger partial charge >= 0.3 is 5.97 Å². The third-order valence-electron chi connectivity index (χ3n) is 2.92. The highest BCUT2D eigenvalue weighted by Gasteiger charge is 2.29. The Labute approximate surface area is 99.2 Å². The Morgan fingerprint density at radius 2 is 2.35 bits per heavy atom. The number of anilines is 1. The fraction of sp³-hybridized carbons (Fsp3) is 0.545. The number of ether oxygens (including phenoxy) is 1. The van der Waals surface area contributed by atoms with Crippen LogP contribution in [0.1, 0.15) is 19.3 Å². The molecule has 6 heteroatoms. The molecule has 1 aromatic rings. The number of hydrogen-bond donors (Lipinski definition) is 1. The smallest absolute Gasteiger partial charge is 0.326 e. The van der Waals surface area contributed by atoms with Gasteiger partial charge in [0, 0.05) is 12.6 Å². The van der Waals surface area contributed by atoms with Gasteiger partial charge < -0.3 is 14.7 Å². The maximum Gasteiger partial charge on any atom is 0.326 e. The summed E-state index contributed by atoms with van der Waals surface area (Å²) < 4.78 is 5.02. The summed E-state index contributed by atoms with van der Waals surface area (Å²) >= 11 is 0. The molecule has 0 aliphatic carbocycles. The van der Waals surface area contributed by atoms with E-state index in [1.807, 2.05) is 0 Å². The van der Waals surface area contributed by atoms with Crippen LogP contribution in [0.3, 0.4) is 0 Å². The molecule has 0 amide bonds. The van der Waals surface area contributed by atoms with E-state index in [1.54, 1.807) is 11.0 Å². The molecule has 1 atom stereocenters. The summed E-state index contributed by atoms with van der Waals surface area (Å²) in [4.78, 5) is 21.0. The number of aliphatic carboxylic acids is 1. The molecule has 1 fully saturated rings. The van der Waals surface area contributed by atoms with Crippen molar-refractivity contribution in [1.29, 1.82) is 0 Å². The quantitative estimate of drug-likeness (QED) is 0.842. The van der Waals surface area contributed by atoms with Gasteiger partial charge in [0.1, 0.15) is 18.2 Å². The number of piperidine rings is 1. The molecular weight excluding hydrogens is 222 g/mol. The standard InChI is InChI=1S/C11H15N3O3/c1-17-10-6-9(12-7-13-10)14-5-3-2-4-8(14)11(15)16/h6-8H,2-5H2,1H3,(H,15,16)/t8-/m1/s1. The van der Waals surface area contributed by atoms with Crippen LogP contribution < -0.4 is 9.64 Å². The summed E-state index contributed by atoms with van der Waals surface area (Å²) in [5.74, 6) is 0.260. The van der Waals surface area contributed by atoms with Crippen LogP contribution in [-0.2, 0) is 4.79 Å². The van der Waals surface area contributed by atoms with Gasteiger partial charge in [-0.3, -0.25) is 0 Å². The monoisotopic (exact) mass is 237 g/mol. The van der Waals surface area contributed by atoms with Crippen molar-refractivity contribution in [2.24, 2.45) is 0 Å². The van der Waals surface area contributed by atoms with Crippen molar-refractivity contribution >= 4 is 11.8 Å². The average Bonchev–Trinajstić information content (AvgIpc) is 2.39. The summed E-state index contributed by atoms with van der Waals surface area (Å²) in [6.07, 6.45) is 3.97. The maximum absolute atomic E-state index is 11.2. The molecule has 1 aliphatic rings. The number of hydrogen-bond acceptors (Lipinski definition) is 5. The van der Waals surface area contributed by atoms with Gasteiger partial charge in [-0.05, 0) is 19.3 Å². The topological polar surface area (TPSA) is 75.5 Å². The molecule has 0 radical (unpaired) electrons. The molecule has 1 aromatic heterocycles. The van der Waals surface area contributed by atoms with Crippen LogP contribution in [0.15, 0.2) is 12.4 Å².